The van der Waals surface area contributed by atoms with Crippen LogP contribution in [-0.2, 0) is 4.79 Å². The minimum Gasteiger partial charge on any atom is -0.474 e. The van der Waals surface area contributed by atoms with E-state index in [9.17, 15) is 4.79 Å². The van der Waals surface area contributed by atoms with Gasteiger partial charge in [-0.25, -0.2) is 4.98 Å². The Morgan fingerprint density at radius 1 is 1.08 bits per heavy atom. The van der Waals surface area contributed by atoms with E-state index in [-0.39, 0.29) is 18.1 Å². The maximum atomic E-state index is 12.1. The number of rotatable bonds is 7. The first kappa shape index (κ1) is 17.8. The van der Waals surface area contributed by atoms with E-state index in [2.05, 4.69) is 22.4 Å². The monoisotopic (exact) mass is 356 g/mol. The fourth-order valence-corrected chi connectivity index (χ4v) is 3.86. The molecule has 0 unspecified atom stereocenters. The van der Waals surface area contributed by atoms with Crippen LogP contribution in [0.3, 0.4) is 0 Å². The number of carbonyl (C=O) groups excluding carboxylic acids is 1. The van der Waals surface area contributed by atoms with Gasteiger partial charge in [-0.2, -0.15) is 0 Å². The van der Waals surface area contributed by atoms with Gasteiger partial charge < -0.3 is 10.1 Å². The molecule has 3 rings (SSSR count). The Labute approximate surface area is 153 Å². The van der Waals surface area contributed by atoms with Crippen LogP contribution in [0.5, 0.6) is 5.88 Å². The van der Waals surface area contributed by atoms with Gasteiger partial charge in [-0.1, -0.05) is 24.3 Å². The first-order chi connectivity index (χ1) is 12.3. The molecule has 2 aromatic rings. The standard InChI is InChI=1S/C20H24N2O2S/c23-19(13-15-25-18-6-2-1-3-7-18)22-16-9-11-17(12-10-16)24-20-8-4-5-14-21-20/h1-8,14,16-17H,9-13,15H2,(H,22,23). The number of nitrogens with zero attached hydrogens (tertiary/aromatic N) is 1. The second kappa shape index (κ2) is 9.47. The van der Waals surface area contributed by atoms with E-state index in [0.717, 1.165) is 31.4 Å². The van der Waals surface area contributed by atoms with E-state index in [1.54, 1.807) is 18.0 Å². The molecule has 1 saturated carbocycles. The van der Waals surface area contributed by atoms with Crippen molar-refractivity contribution in [3.8, 4) is 5.88 Å². The molecule has 1 heterocycles. The van der Waals surface area contributed by atoms with Gasteiger partial charge in [-0.05, 0) is 43.9 Å². The molecule has 1 aliphatic carbocycles. The van der Waals surface area contributed by atoms with Gasteiger partial charge in [0.05, 0.1) is 0 Å². The van der Waals surface area contributed by atoms with Crippen molar-refractivity contribution in [2.75, 3.05) is 5.75 Å². The number of aromatic nitrogens is 1. The SMILES string of the molecule is O=C(CCSc1ccccc1)NC1CCC(Oc2ccccn2)CC1. The number of benzene rings is 1. The minimum absolute atomic E-state index is 0.150. The van der Waals surface area contributed by atoms with E-state index in [1.807, 2.05) is 36.4 Å². The first-order valence-electron chi connectivity index (χ1n) is 8.84. The van der Waals surface area contributed by atoms with Gasteiger partial charge in [0.1, 0.15) is 6.10 Å². The van der Waals surface area contributed by atoms with E-state index < -0.39 is 0 Å². The number of thioether (sulfide) groups is 1. The summed E-state index contributed by atoms with van der Waals surface area (Å²) in [4.78, 5) is 17.5. The van der Waals surface area contributed by atoms with Crippen LogP contribution in [0.25, 0.3) is 0 Å². The Bertz CT molecular complexity index is 643. The van der Waals surface area contributed by atoms with Gasteiger partial charge in [-0.3, -0.25) is 4.79 Å². The summed E-state index contributed by atoms with van der Waals surface area (Å²) in [6.07, 6.45) is 6.36. The largest absolute Gasteiger partial charge is 0.474 e. The summed E-state index contributed by atoms with van der Waals surface area (Å²) >= 11 is 1.72. The number of hydrogen-bond acceptors (Lipinski definition) is 4. The summed E-state index contributed by atoms with van der Waals surface area (Å²) in [6.45, 7) is 0. The molecule has 0 bridgehead atoms. The molecule has 1 N–H and O–H groups in total. The predicted molar refractivity (Wildman–Crippen MR) is 101 cm³/mol. The molecule has 0 spiro atoms. The van der Waals surface area contributed by atoms with Gasteiger partial charge in [0.25, 0.3) is 0 Å². The lowest BCUT2D eigenvalue weighted by molar-refractivity contribution is -0.121. The van der Waals surface area contributed by atoms with Gasteiger partial charge in [0, 0.05) is 35.4 Å². The average molecular weight is 356 g/mol. The molecule has 0 atom stereocenters. The molecule has 1 amide bonds. The lowest BCUT2D eigenvalue weighted by Gasteiger charge is -2.29. The minimum atomic E-state index is 0.150. The number of ether oxygens (including phenoxy) is 1. The third-order valence-electron chi connectivity index (χ3n) is 4.31. The van der Waals surface area contributed by atoms with Crippen LogP contribution in [0.2, 0.25) is 0 Å². The maximum absolute atomic E-state index is 12.1. The Kier molecular flexibility index (Phi) is 6.74. The van der Waals surface area contributed by atoms with E-state index in [4.69, 9.17) is 4.74 Å². The maximum Gasteiger partial charge on any atom is 0.221 e. The zero-order valence-corrected chi connectivity index (χ0v) is 15.1. The Morgan fingerprint density at radius 2 is 1.84 bits per heavy atom. The van der Waals surface area contributed by atoms with Gasteiger partial charge in [0.15, 0.2) is 0 Å². The van der Waals surface area contributed by atoms with E-state index >= 15 is 0 Å². The fourth-order valence-electron chi connectivity index (χ4n) is 2.99. The summed E-state index contributed by atoms with van der Waals surface area (Å²) < 4.78 is 5.90. The Balaban J connectivity index is 1.32. The topological polar surface area (TPSA) is 51.2 Å². The molecule has 5 heteroatoms. The summed E-state index contributed by atoms with van der Waals surface area (Å²) in [5.41, 5.74) is 0. The van der Waals surface area contributed by atoms with Crippen LogP contribution < -0.4 is 10.1 Å². The Morgan fingerprint density at radius 3 is 2.56 bits per heavy atom. The van der Waals surface area contributed by atoms with Crippen molar-refractivity contribution >= 4 is 17.7 Å². The van der Waals surface area contributed by atoms with E-state index in [0.29, 0.717) is 12.3 Å². The van der Waals surface area contributed by atoms with E-state index in [1.165, 1.54) is 4.90 Å². The fraction of sp³-hybridized carbons (Fsp3) is 0.400. The summed E-state index contributed by atoms with van der Waals surface area (Å²) in [7, 11) is 0. The van der Waals surface area contributed by atoms with Crippen molar-refractivity contribution < 1.29 is 9.53 Å². The van der Waals surface area contributed by atoms with Crippen molar-refractivity contribution in [2.24, 2.45) is 0 Å². The second-order valence-electron chi connectivity index (χ2n) is 6.24. The molecule has 1 fully saturated rings. The molecule has 0 radical (unpaired) electrons. The third kappa shape index (κ3) is 6.09. The lowest BCUT2D eigenvalue weighted by Crippen LogP contribution is -2.39. The second-order valence-corrected chi connectivity index (χ2v) is 7.41. The van der Waals surface area contributed by atoms with Crippen molar-refractivity contribution in [1.82, 2.24) is 10.3 Å². The highest BCUT2D eigenvalue weighted by Gasteiger charge is 2.23. The van der Waals surface area contributed by atoms with Crippen molar-refractivity contribution in [3.05, 3.63) is 54.7 Å². The molecule has 0 aliphatic heterocycles. The van der Waals surface area contributed by atoms with Gasteiger partial charge in [-0.15, -0.1) is 11.8 Å². The summed E-state index contributed by atoms with van der Waals surface area (Å²) in [5.74, 6) is 1.65. The zero-order valence-electron chi connectivity index (χ0n) is 14.3. The summed E-state index contributed by atoms with van der Waals surface area (Å²) in [5, 5.41) is 3.17. The third-order valence-corrected chi connectivity index (χ3v) is 5.32. The van der Waals surface area contributed by atoms with Gasteiger partial charge in [0.2, 0.25) is 11.8 Å². The molecule has 4 nitrogen and oxygen atoms in total. The van der Waals surface area contributed by atoms with Crippen LogP contribution in [0, 0.1) is 0 Å². The van der Waals surface area contributed by atoms with Crippen LogP contribution in [-0.4, -0.2) is 28.8 Å². The van der Waals surface area contributed by atoms with Crippen molar-refractivity contribution in [3.63, 3.8) is 0 Å². The molecular formula is C20H24N2O2S. The normalized spacial score (nSPS) is 20.0. The zero-order chi connectivity index (χ0) is 17.3. The number of hydrogen-bond donors (Lipinski definition) is 1. The summed E-state index contributed by atoms with van der Waals surface area (Å²) in [6, 6.07) is 16.2. The molecule has 0 saturated heterocycles. The predicted octanol–water partition coefficient (Wildman–Crippen LogP) is 4.07. The van der Waals surface area contributed by atoms with Crippen molar-refractivity contribution in [2.45, 2.75) is 49.1 Å². The average Bonchev–Trinajstić information content (AvgIpc) is 2.65. The number of nitrogens with one attached hydrogen (secondary N) is 1. The highest BCUT2D eigenvalue weighted by molar-refractivity contribution is 7.99. The highest BCUT2D eigenvalue weighted by atomic mass is 32.2. The first-order valence-corrected chi connectivity index (χ1v) is 9.83. The molecule has 132 valence electrons. The molecular weight excluding hydrogens is 332 g/mol. The smallest absolute Gasteiger partial charge is 0.221 e. The lowest BCUT2D eigenvalue weighted by atomic mass is 9.93. The Hall–Kier alpha value is -2.01. The molecule has 1 aromatic heterocycles. The molecule has 1 aliphatic rings. The van der Waals surface area contributed by atoms with Crippen LogP contribution in [0.15, 0.2) is 59.6 Å². The quantitative estimate of drug-likeness (QED) is 0.760. The number of amides is 1. The van der Waals surface area contributed by atoms with Crippen LogP contribution in [0.4, 0.5) is 0 Å². The number of carbonyl (C=O) groups is 1. The molecule has 1 aromatic carbocycles. The van der Waals surface area contributed by atoms with Crippen molar-refractivity contribution in [1.29, 1.82) is 0 Å². The number of pyridine rings is 1. The molecule has 25 heavy (non-hydrogen) atoms. The van der Waals surface area contributed by atoms with Crippen LogP contribution in [0.1, 0.15) is 32.1 Å². The van der Waals surface area contributed by atoms with Gasteiger partial charge >= 0.3 is 0 Å². The highest BCUT2D eigenvalue weighted by Crippen LogP contribution is 2.23. The van der Waals surface area contributed by atoms with Crippen LogP contribution >= 0.6 is 11.8 Å².